The number of nitrogens with zero attached hydrogens (tertiary/aromatic N) is 3. The van der Waals surface area contributed by atoms with Crippen molar-refractivity contribution in [1.29, 1.82) is 0 Å². The molecule has 5 heteroatoms. The lowest BCUT2D eigenvalue weighted by atomic mass is 10.1. The van der Waals surface area contributed by atoms with E-state index in [-0.39, 0.29) is 0 Å². The van der Waals surface area contributed by atoms with Crippen molar-refractivity contribution < 1.29 is 0 Å². The minimum absolute atomic E-state index is 0.716. The Bertz CT molecular complexity index is 1100. The highest BCUT2D eigenvalue weighted by atomic mass is 35.5. The Morgan fingerprint density at radius 2 is 1.60 bits per heavy atom. The zero-order valence-corrected chi connectivity index (χ0v) is 18.0. The Balaban J connectivity index is 1.77. The van der Waals surface area contributed by atoms with Crippen LogP contribution in [0.5, 0.6) is 0 Å². The van der Waals surface area contributed by atoms with E-state index in [1.54, 1.807) is 12.4 Å². The molecular formula is C25H25ClN4. The van der Waals surface area contributed by atoms with Crippen molar-refractivity contribution >= 4 is 11.6 Å². The second kappa shape index (κ2) is 9.24. The predicted octanol–water partition coefficient (Wildman–Crippen LogP) is 6.30. The molecule has 2 heterocycles. The van der Waals surface area contributed by atoms with Crippen LogP contribution in [0, 0.1) is 0 Å². The molecule has 4 nitrogen and oxygen atoms in total. The van der Waals surface area contributed by atoms with Gasteiger partial charge >= 0.3 is 0 Å². The van der Waals surface area contributed by atoms with Crippen molar-refractivity contribution in [3.63, 3.8) is 0 Å². The second-order valence-corrected chi connectivity index (χ2v) is 7.65. The van der Waals surface area contributed by atoms with Gasteiger partial charge in [0.2, 0.25) is 0 Å². The van der Waals surface area contributed by atoms with Crippen LogP contribution in [0.3, 0.4) is 0 Å². The van der Waals surface area contributed by atoms with E-state index in [4.69, 9.17) is 16.6 Å². The number of rotatable bonds is 7. The Morgan fingerprint density at radius 1 is 0.867 bits per heavy atom. The number of H-pyrrole nitrogens is 1. The summed E-state index contributed by atoms with van der Waals surface area (Å²) >= 11 is 6.10. The Hall–Kier alpha value is -2.95. The quantitative estimate of drug-likeness (QED) is 0.384. The molecule has 0 atom stereocenters. The van der Waals surface area contributed by atoms with Gasteiger partial charge < -0.3 is 4.98 Å². The summed E-state index contributed by atoms with van der Waals surface area (Å²) < 4.78 is 0. The number of imidazole rings is 1. The number of pyridine rings is 1. The Kier molecular flexibility index (Phi) is 6.26. The summed E-state index contributed by atoms with van der Waals surface area (Å²) in [4.78, 5) is 15.1. The van der Waals surface area contributed by atoms with Crippen LogP contribution in [-0.2, 0) is 6.54 Å². The van der Waals surface area contributed by atoms with Crippen molar-refractivity contribution in [1.82, 2.24) is 19.9 Å². The first-order valence-electron chi connectivity index (χ1n) is 10.3. The molecule has 0 aliphatic carbocycles. The van der Waals surface area contributed by atoms with Crippen LogP contribution in [0.1, 0.15) is 19.4 Å². The van der Waals surface area contributed by atoms with Gasteiger partial charge in [0.25, 0.3) is 0 Å². The van der Waals surface area contributed by atoms with Gasteiger partial charge in [0.1, 0.15) is 5.82 Å². The summed E-state index contributed by atoms with van der Waals surface area (Å²) in [5.74, 6) is 0.855. The van der Waals surface area contributed by atoms with Crippen LogP contribution in [-0.4, -0.2) is 32.9 Å². The second-order valence-electron chi connectivity index (χ2n) is 7.21. The summed E-state index contributed by atoms with van der Waals surface area (Å²) in [5, 5.41) is 0.716. The maximum atomic E-state index is 6.10. The van der Waals surface area contributed by atoms with Crippen LogP contribution in [0.2, 0.25) is 5.02 Å². The minimum atomic E-state index is 0.716. The fourth-order valence-electron chi connectivity index (χ4n) is 3.58. The van der Waals surface area contributed by atoms with Gasteiger partial charge in [-0.3, -0.25) is 9.88 Å². The summed E-state index contributed by atoms with van der Waals surface area (Å²) in [7, 11) is 0. The maximum absolute atomic E-state index is 6.10. The third-order valence-electron chi connectivity index (χ3n) is 5.29. The lowest BCUT2D eigenvalue weighted by Crippen LogP contribution is -2.22. The van der Waals surface area contributed by atoms with Gasteiger partial charge in [-0.1, -0.05) is 55.8 Å². The standard InChI is InChI=1S/C25H25ClN4/c1-3-30(4-2)17-18-6-5-7-21(16-18)25-28-23(19-8-10-22(26)11-9-19)24(29-25)20-12-14-27-15-13-20/h5-16H,3-4,17H2,1-2H3,(H,28,29). The lowest BCUT2D eigenvalue weighted by Gasteiger charge is -2.18. The molecule has 0 fully saturated rings. The van der Waals surface area contributed by atoms with Gasteiger partial charge in [0.15, 0.2) is 0 Å². The molecule has 4 rings (SSSR count). The number of halogens is 1. The lowest BCUT2D eigenvalue weighted by molar-refractivity contribution is 0.296. The summed E-state index contributed by atoms with van der Waals surface area (Å²) in [6.45, 7) is 7.39. The third-order valence-corrected chi connectivity index (χ3v) is 5.54. The van der Waals surface area contributed by atoms with E-state index in [1.165, 1.54) is 5.56 Å². The highest BCUT2D eigenvalue weighted by Gasteiger charge is 2.16. The van der Waals surface area contributed by atoms with Crippen molar-refractivity contribution in [2.75, 3.05) is 13.1 Å². The Labute approximate surface area is 182 Å². The van der Waals surface area contributed by atoms with E-state index in [0.717, 1.165) is 53.5 Å². The van der Waals surface area contributed by atoms with Crippen LogP contribution >= 0.6 is 11.6 Å². The number of hydrogen-bond acceptors (Lipinski definition) is 3. The zero-order chi connectivity index (χ0) is 20.9. The molecule has 0 aliphatic heterocycles. The molecule has 30 heavy (non-hydrogen) atoms. The van der Waals surface area contributed by atoms with E-state index >= 15 is 0 Å². The van der Waals surface area contributed by atoms with E-state index in [1.807, 2.05) is 36.4 Å². The zero-order valence-electron chi connectivity index (χ0n) is 17.3. The average molecular weight is 417 g/mol. The smallest absolute Gasteiger partial charge is 0.138 e. The topological polar surface area (TPSA) is 44.8 Å². The third kappa shape index (κ3) is 4.45. The fourth-order valence-corrected chi connectivity index (χ4v) is 3.70. The van der Waals surface area contributed by atoms with E-state index in [9.17, 15) is 0 Å². The molecule has 0 saturated carbocycles. The monoisotopic (exact) mass is 416 g/mol. The van der Waals surface area contributed by atoms with Crippen molar-refractivity contribution in [2.45, 2.75) is 20.4 Å². The van der Waals surface area contributed by atoms with Crippen LogP contribution < -0.4 is 0 Å². The number of nitrogens with one attached hydrogen (secondary N) is 1. The van der Waals surface area contributed by atoms with Crippen LogP contribution in [0.25, 0.3) is 33.9 Å². The molecule has 0 saturated heterocycles. The predicted molar refractivity (Wildman–Crippen MR) is 124 cm³/mol. The van der Waals surface area contributed by atoms with E-state index in [2.05, 4.69) is 53.0 Å². The van der Waals surface area contributed by atoms with Gasteiger partial charge in [0.05, 0.1) is 11.4 Å². The van der Waals surface area contributed by atoms with Crippen molar-refractivity contribution in [3.05, 3.63) is 83.6 Å². The molecule has 1 N–H and O–H groups in total. The molecule has 4 aromatic rings. The van der Waals surface area contributed by atoms with E-state index in [0.29, 0.717) is 5.02 Å². The molecule has 0 spiro atoms. The summed E-state index contributed by atoms with van der Waals surface area (Å²) in [6, 6.07) is 20.4. The summed E-state index contributed by atoms with van der Waals surface area (Å²) in [6.07, 6.45) is 3.58. The first-order valence-corrected chi connectivity index (χ1v) is 10.6. The van der Waals surface area contributed by atoms with Gasteiger partial charge in [0, 0.05) is 40.7 Å². The fraction of sp³-hybridized carbons (Fsp3) is 0.200. The van der Waals surface area contributed by atoms with Crippen LogP contribution in [0.4, 0.5) is 0 Å². The maximum Gasteiger partial charge on any atom is 0.138 e. The number of benzene rings is 2. The summed E-state index contributed by atoms with van der Waals surface area (Å²) in [5.41, 5.74) is 6.31. The van der Waals surface area contributed by atoms with E-state index < -0.39 is 0 Å². The largest absolute Gasteiger partial charge is 0.337 e. The number of aromatic nitrogens is 3. The molecule has 2 aromatic heterocycles. The molecule has 0 radical (unpaired) electrons. The molecule has 0 aliphatic rings. The van der Waals surface area contributed by atoms with Crippen LogP contribution in [0.15, 0.2) is 73.1 Å². The first kappa shape index (κ1) is 20.3. The molecule has 0 amide bonds. The van der Waals surface area contributed by atoms with Crippen molar-refractivity contribution in [3.8, 4) is 33.9 Å². The highest BCUT2D eigenvalue weighted by Crippen LogP contribution is 2.33. The molecule has 0 bridgehead atoms. The SMILES string of the molecule is CCN(CC)Cc1cccc(-c2nc(-c3ccncc3)c(-c3ccc(Cl)cc3)[nH]2)c1. The highest BCUT2D eigenvalue weighted by molar-refractivity contribution is 6.30. The molecule has 2 aromatic carbocycles. The number of hydrogen-bond donors (Lipinski definition) is 1. The normalized spacial score (nSPS) is 11.2. The average Bonchev–Trinajstić information content (AvgIpc) is 3.24. The number of aromatic amines is 1. The first-order chi connectivity index (χ1) is 14.7. The van der Waals surface area contributed by atoms with Gasteiger partial charge in [-0.25, -0.2) is 4.98 Å². The van der Waals surface area contributed by atoms with Crippen molar-refractivity contribution in [2.24, 2.45) is 0 Å². The molecule has 0 unspecified atom stereocenters. The Morgan fingerprint density at radius 3 is 2.30 bits per heavy atom. The molecule has 152 valence electrons. The van der Waals surface area contributed by atoms with Gasteiger partial charge in [-0.15, -0.1) is 0 Å². The van der Waals surface area contributed by atoms with Gasteiger partial charge in [-0.2, -0.15) is 0 Å². The van der Waals surface area contributed by atoms with Gasteiger partial charge in [-0.05, 0) is 49.0 Å². The molecular weight excluding hydrogens is 392 g/mol. The minimum Gasteiger partial charge on any atom is -0.337 e.